The Morgan fingerprint density at radius 1 is 1.03 bits per heavy atom. The topological polar surface area (TPSA) is 75.5 Å². The fourth-order valence-electron chi connectivity index (χ4n) is 3.41. The summed E-state index contributed by atoms with van der Waals surface area (Å²) in [6.45, 7) is 8.48. The number of hydrogen-bond donors (Lipinski definition) is 0. The van der Waals surface area contributed by atoms with Gasteiger partial charge in [-0.05, 0) is 57.0 Å². The molecular formula is C24H29N3O4S. The molecule has 0 spiro atoms. The van der Waals surface area contributed by atoms with Gasteiger partial charge in [0.25, 0.3) is 0 Å². The standard InChI is InChI=1S/C24H29N3O4S/c1-15(2)27-22(13-31-23-16(3)8-7-9-17(23)4)25-26-24(27)32-14-19(28)18-10-11-20(29-5)21(12-18)30-6/h7-12,15H,13-14H2,1-6H3. The number of aryl methyl sites for hydroxylation is 2. The lowest BCUT2D eigenvalue weighted by atomic mass is 10.1. The van der Waals surface area contributed by atoms with Crippen LogP contribution in [0.5, 0.6) is 17.2 Å². The van der Waals surface area contributed by atoms with Crippen molar-refractivity contribution >= 4 is 17.5 Å². The second kappa shape index (κ2) is 10.5. The summed E-state index contributed by atoms with van der Waals surface area (Å²) in [6, 6.07) is 11.3. The summed E-state index contributed by atoms with van der Waals surface area (Å²) in [5.41, 5.74) is 2.72. The molecule has 0 aliphatic rings. The van der Waals surface area contributed by atoms with Gasteiger partial charge < -0.3 is 18.8 Å². The maximum absolute atomic E-state index is 12.8. The van der Waals surface area contributed by atoms with E-state index < -0.39 is 0 Å². The first-order chi connectivity index (χ1) is 15.3. The van der Waals surface area contributed by atoms with Crippen LogP contribution in [0.3, 0.4) is 0 Å². The van der Waals surface area contributed by atoms with Crippen molar-refractivity contribution < 1.29 is 19.0 Å². The van der Waals surface area contributed by atoms with E-state index in [9.17, 15) is 4.79 Å². The third-order valence-electron chi connectivity index (χ3n) is 5.04. The van der Waals surface area contributed by atoms with Crippen LogP contribution < -0.4 is 14.2 Å². The molecule has 1 aromatic heterocycles. The van der Waals surface area contributed by atoms with Crippen molar-refractivity contribution in [3.63, 3.8) is 0 Å². The number of hydrogen-bond acceptors (Lipinski definition) is 7. The van der Waals surface area contributed by atoms with E-state index in [1.165, 1.54) is 11.8 Å². The highest BCUT2D eigenvalue weighted by Crippen LogP contribution is 2.29. The van der Waals surface area contributed by atoms with E-state index in [2.05, 4.69) is 24.0 Å². The summed E-state index contributed by atoms with van der Waals surface area (Å²) in [4.78, 5) is 12.8. The van der Waals surface area contributed by atoms with E-state index in [0.29, 0.717) is 28.8 Å². The van der Waals surface area contributed by atoms with Gasteiger partial charge in [-0.25, -0.2) is 0 Å². The molecule has 0 radical (unpaired) electrons. The van der Waals surface area contributed by atoms with Gasteiger partial charge >= 0.3 is 0 Å². The highest BCUT2D eigenvalue weighted by atomic mass is 32.2. The van der Waals surface area contributed by atoms with Crippen molar-refractivity contribution in [1.29, 1.82) is 0 Å². The average molecular weight is 456 g/mol. The number of benzene rings is 2. The molecule has 0 saturated carbocycles. The first kappa shape index (κ1) is 23.7. The molecular weight excluding hydrogens is 426 g/mol. The van der Waals surface area contributed by atoms with Crippen molar-refractivity contribution in [3.8, 4) is 17.2 Å². The van der Waals surface area contributed by atoms with Crippen LogP contribution in [0.4, 0.5) is 0 Å². The molecule has 170 valence electrons. The molecule has 8 heteroatoms. The number of carbonyl (C=O) groups is 1. The summed E-state index contributed by atoms with van der Waals surface area (Å²) in [7, 11) is 3.11. The van der Waals surface area contributed by atoms with Crippen molar-refractivity contribution in [3.05, 3.63) is 58.9 Å². The maximum atomic E-state index is 12.8. The Kier molecular flexibility index (Phi) is 7.80. The van der Waals surface area contributed by atoms with Crippen LogP contribution in [-0.2, 0) is 6.61 Å². The maximum Gasteiger partial charge on any atom is 0.192 e. The number of aromatic nitrogens is 3. The first-order valence-electron chi connectivity index (χ1n) is 10.4. The van der Waals surface area contributed by atoms with Gasteiger partial charge in [0, 0.05) is 11.6 Å². The van der Waals surface area contributed by atoms with Gasteiger partial charge in [0.05, 0.1) is 20.0 Å². The molecule has 32 heavy (non-hydrogen) atoms. The van der Waals surface area contributed by atoms with Crippen molar-refractivity contribution in [2.45, 2.75) is 45.5 Å². The predicted molar refractivity (Wildman–Crippen MR) is 125 cm³/mol. The van der Waals surface area contributed by atoms with Crippen LogP contribution in [0, 0.1) is 13.8 Å². The van der Waals surface area contributed by atoms with Gasteiger partial charge in [-0.3, -0.25) is 4.79 Å². The number of para-hydroxylation sites is 1. The van der Waals surface area contributed by atoms with Crippen LogP contribution in [0.2, 0.25) is 0 Å². The van der Waals surface area contributed by atoms with E-state index in [1.54, 1.807) is 32.4 Å². The lowest BCUT2D eigenvalue weighted by molar-refractivity contribution is 0.102. The van der Waals surface area contributed by atoms with Crippen molar-refractivity contribution in [2.24, 2.45) is 0 Å². The Balaban J connectivity index is 1.72. The van der Waals surface area contributed by atoms with E-state index in [4.69, 9.17) is 14.2 Å². The zero-order valence-corrected chi connectivity index (χ0v) is 20.2. The Labute approximate surface area is 193 Å². The number of rotatable bonds is 10. The minimum Gasteiger partial charge on any atom is -0.493 e. The highest BCUT2D eigenvalue weighted by molar-refractivity contribution is 7.99. The Hall–Kier alpha value is -3.00. The summed E-state index contributed by atoms with van der Waals surface area (Å²) < 4.78 is 18.6. The minimum atomic E-state index is -0.0254. The van der Waals surface area contributed by atoms with Gasteiger partial charge in [-0.1, -0.05) is 30.0 Å². The normalized spacial score (nSPS) is 11.0. The fraction of sp³-hybridized carbons (Fsp3) is 0.375. The molecule has 0 amide bonds. The second-order valence-corrected chi connectivity index (χ2v) is 8.60. The molecule has 3 rings (SSSR count). The SMILES string of the molecule is COc1ccc(C(=O)CSc2nnc(COc3c(C)cccc3C)n2C(C)C)cc1OC. The second-order valence-electron chi connectivity index (χ2n) is 7.65. The molecule has 0 N–H and O–H groups in total. The first-order valence-corrected chi connectivity index (χ1v) is 11.3. The lowest BCUT2D eigenvalue weighted by Gasteiger charge is -2.15. The van der Waals surface area contributed by atoms with Crippen LogP contribution >= 0.6 is 11.8 Å². The van der Waals surface area contributed by atoms with E-state index >= 15 is 0 Å². The minimum absolute atomic E-state index is 0.0254. The van der Waals surface area contributed by atoms with Crippen molar-refractivity contribution in [1.82, 2.24) is 14.8 Å². The Morgan fingerprint density at radius 2 is 1.72 bits per heavy atom. The lowest BCUT2D eigenvalue weighted by Crippen LogP contribution is -2.12. The van der Waals surface area contributed by atoms with Crippen molar-refractivity contribution in [2.75, 3.05) is 20.0 Å². The zero-order valence-electron chi connectivity index (χ0n) is 19.3. The molecule has 7 nitrogen and oxygen atoms in total. The van der Waals surface area contributed by atoms with Crippen LogP contribution in [0.1, 0.15) is 47.2 Å². The van der Waals surface area contributed by atoms with E-state index in [1.807, 2.05) is 36.6 Å². The molecule has 0 atom stereocenters. The van der Waals surface area contributed by atoms with Crippen LogP contribution in [0.15, 0.2) is 41.6 Å². The Bertz CT molecular complexity index is 1070. The van der Waals surface area contributed by atoms with Gasteiger partial charge in [-0.2, -0.15) is 0 Å². The third kappa shape index (κ3) is 5.24. The number of nitrogens with zero attached hydrogens (tertiary/aromatic N) is 3. The molecule has 1 heterocycles. The molecule has 2 aromatic carbocycles. The van der Waals surface area contributed by atoms with E-state index in [0.717, 1.165) is 22.7 Å². The average Bonchev–Trinajstić information content (AvgIpc) is 3.19. The molecule has 0 bridgehead atoms. The number of thioether (sulfide) groups is 1. The number of ketones is 1. The van der Waals surface area contributed by atoms with Crippen LogP contribution in [-0.4, -0.2) is 40.5 Å². The predicted octanol–water partition coefficient (Wildman–Crippen LogP) is 5.05. The highest BCUT2D eigenvalue weighted by Gasteiger charge is 2.19. The van der Waals surface area contributed by atoms with E-state index in [-0.39, 0.29) is 17.6 Å². The Morgan fingerprint density at radius 3 is 2.34 bits per heavy atom. The molecule has 0 aliphatic carbocycles. The van der Waals surface area contributed by atoms with Gasteiger partial charge in [0.2, 0.25) is 0 Å². The number of Topliss-reactive ketones (excluding diaryl/α,β-unsaturated/α-hetero) is 1. The monoisotopic (exact) mass is 455 g/mol. The van der Waals surface area contributed by atoms with Gasteiger partial charge in [0.15, 0.2) is 28.3 Å². The molecule has 3 aromatic rings. The number of carbonyl (C=O) groups excluding carboxylic acids is 1. The van der Waals surface area contributed by atoms with Crippen LogP contribution in [0.25, 0.3) is 0 Å². The zero-order chi connectivity index (χ0) is 23.3. The summed E-state index contributed by atoms with van der Waals surface area (Å²) in [5, 5.41) is 9.34. The summed E-state index contributed by atoms with van der Waals surface area (Å²) in [6.07, 6.45) is 0. The van der Waals surface area contributed by atoms with Gasteiger partial charge in [0.1, 0.15) is 12.4 Å². The smallest absolute Gasteiger partial charge is 0.192 e. The quantitative estimate of drug-likeness (QED) is 0.313. The fourth-order valence-corrected chi connectivity index (χ4v) is 4.39. The molecule has 0 saturated heterocycles. The number of methoxy groups -OCH3 is 2. The molecule has 0 unspecified atom stereocenters. The summed E-state index contributed by atoms with van der Waals surface area (Å²) >= 11 is 1.36. The largest absolute Gasteiger partial charge is 0.493 e. The summed E-state index contributed by atoms with van der Waals surface area (Å²) in [5.74, 6) is 2.91. The third-order valence-corrected chi connectivity index (χ3v) is 5.99. The van der Waals surface area contributed by atoms with Gasteiger partial charge in [-0.15, -0.1) is 10.2 Å². The molecule has 0 fully saturated rings. The molecule has 0 aliphatic heterocycles. The number of ether oxygens (including phenoxy) is 3.